The molecule has 0 aromatic carbocycles. The minimum atomic E-state index is -3.66. The van der Waals surface area contributed by atoms with Crippen LogP contribution in [-0.4, -0.2) is 32.7 Å². The van der Waals surface area contributed by atoms with Crippen LogP contribution in [0.2, 0.25) is 0 Å². The topological polar surface area (TPSA) is 94.3 Å². The van der Waals surface area contributed by atoms with Crippen molar-refractivity contribution in [3.63, 3.8) is 0 Å². The number of pyridine rings is 1. The van der Waals surface area contributed by atoms with Crippen molar-refractivity contribution in [3.8, 4) is 0 Å². The maximum atomic E-state index is 12.1. The summed E-state index contributed by atoms with van der Waals surface area (Å²) < 4.78 is 32.8. The molecule has 3 N–H and O–H groups in total. The number of aromatic nitrogens is 1. The van der Waals surface area contributed by atoms with Crippen molar-refractivity contribution in [2.75, 3.05) is 18.9 Å². The third-order valence-corrected chi connectivity index (χ3v) is 5.11. The van der Waals surface area contributed by atoms with Gasteiger partial charge in [-0.3, -0.25) is 0 Å². The van der Waals surface area contributed by atoms with Crippen LogP contribution in [0.15, 0.2) is 21.6 Å². The third-order valence-electron chi connectivity index (χ3n) is 3.19. The smallest absolute Gasteiger partial charge is 0.244 e. The van der Waals surface area contributed by atoms with Gasteiger partial charge in [0.15, 0.2) is 0 Å². The van der Waals surface area contributed by atoms with Crippen molar-refractivity contribution in [2.45, 2.75) is 36.7 Å². The zero-order valence-corrected chi connectivity index (χ0v) is 13.4. The molecule has 0 unspecified atom stereocenters. The van der Waals surface area contributed by atoms with Crippen molar-refractivity contribution in [1.29, 1.82) is 0 Å². The van der Waals surface area contributed by atoms with Crippen LogP contribution in [0.3, 0.4) is 0 Å². The molecule has 1 aliphatic rings. The van der Waals surface area contributed by atoms with Gasteiger partial charge in [-0.2, -0.15) is 0 Å². The molecule has 0 amide bonds. The Morgan fingerprint density at radius 2 is 2.15 bits per heavy atom. The predicted octanol–water partition coefficient (Wildman–Crippen LogP) is 1.66. The van der Waals surface area contributed by atoms with Crippen molar-refractivity contribution in [2.24, 2.45) is 0 Å². The summed E-state index contributed by atoms with van der Waals surface area (Å²) in [6.45, 7) is 0.593. The minimum absolute atomic E-state index is 0.0163. The van der Waals surface area contributed by atoms with E-state index in [1.54, 1.807) is 0 Å². The van der Waals surface area contributed by atoms with Crippen molar-refractivity contribution >= 4 is 31.8 Å². The first-order valence-electron chi connectivity index (χ1n) is 6.51. The van der Waals surface area contributed by atoms with Crippen molar-refractivity contribution in [1.82, 2.24) is 9.71 Å². The summed E-state index contributed by atoms with van der Waals surface area (Å²) in [5, 5.41) is 0. The van der Waals surface area contributed by atoms with Crippen LogP contribution in [0, 0.1) is 0 Å². The molecule has 2 rings (SSSR count). The van der Waals surface area contributed by atoms with Gasteiger partial charge in [0.25, 0.3) is 0 Å². The first-order chi connectivity index (χ1) is 9.49. The number of nitrogen functional groups attached to an aromatic ring is 1. The van der Waals surface area contributed by atoms with E-state index < -0.39 is 10.0 Å². The summed E-state index contributed by atoms with van der Waals surface area (Å²) in [6.07, 6.45) is 6.24. The van der Waals surface area contributed by atoms with E-state index in [1.807, 2.05) is 0 Å². The van der Waals surface area contributed by atoms with Gasteiger partial charge in [-0.05, 0) is 34.8 Å². The number of halogens is 1. The Kier molecular flexibility index (Phi) is 5.36. The molecule has 0 saturated heterocycles. The molecule has 0 bridgehead atoms. The lowest BCUT2D eigenvalue weighted by Crippen LogP contribution is -2.29. The lowest BCUT2D eigenvalue weighted by molar-refractivity contribution is 0.0626. The van der Waals surface area contributed by atoms with Gasteiger partial charge in [-0.25, -0.2) is 18.1 Å². The van der Waals surface area contributed by atoms with Crippen LogP contribution in [0.4, 0.5) is 5.82 Å². The number of anilines is 1. The summed E-state index contributed by atoms with van der Waals surface area (Å²) in [7, 11) is -3.66. The molecule has 1 aliphatic carbocycles. The number of nitrogens with zero attached hydrogens (tertiary/aromatic N) is 1. The lowest BCUT2D eigenvalue weighted by atomic mass is 10.3. The molecule has 1 aromatic rings. The first kappa shape index (κ1) is 15.7. The van der Waals surface area contributed by atoms with E-state index >= 15 is 0 Å². The number of hydrogen-bond donors (Lipinski definition) is 2. The van der Waals surface area contributed by atoms with Gasteiger partial charge in [-0.15, -0.1) is 0 Å². The second kappa shape index (κ2) is 6.84. The molecule has 0 atom stereocenters. The van der Waals surface area contributed by atoms with Gasteiger partial charge < -0.3 is 10.5 Å². The molecule has 1 saturated carbocycles. The second-order valence-electron chi connectivity index (χ2n) is 4.71. The maximum Gasteiger partial charge on any atom is 0.244 e. The molecule has 1 aromatic heterocycles. The van der Waals surface area contributed by atoms with Crippen LogP contribution >= 0.6 is 15.9 Å². The summed E-state index contributed by atoms with van der Waals surface area (Å²) in [5.41, 5.74) is 5.60. The van der Waals surface area contributed by atoms with E-state index in [0.717, 1.165) is 12.8 Å². The van der Waals surface area contributed by atoms with E-state index in [4.69, 9.17) is 10.5 Å². The molecule has 0 spiro atoms. The van der Waals surface area contributed by atoms with E-state index in [1.165, 1.54) is 25.1 Å². The first-order valence-corrected chi connectivity index (χ1v) is 8.79. The van der Waals surface area contributed by atoms with E-state index in [0.29, 0.717) is 11.1 Å². The Morgan fingerprint density at radius 1 is 1.45 bits per heavy atom. The van der Waals surface area contributed by atoms with Crippen LogP contribution < -0.4 is 10.5 Å². The highest BCUT2D eigenvalue weighted by atomic mass is 79.9. The largest absolute Gasteiger partial charge is 0.383 e. The highest BCUT2D eigenvalue weighted by Gasteiger charge is 2.19. The third kappa shape index (κ3) is 4.15. The Hall–Kier alpha value is -0.700. The highest BCUT2D eigenvalue weighted by molar-refractivity contribution is 9.10. The number of hydrogen-bond acceptors (Lipinski definition) is 5. The summed E-state index contributed by atoms with van der Waals surface area (Å²) in [5.74, 6) is -0.0163. The molecule has 1 fully saturated rings. The van der Waals surface area contributed by atoms with Crippen molar-refractivity contribution < 1.29 is 13.2 Å². The van der Waals surface area contributed by atoms with Crippen LogP contribution in [0.1, 0.15) is 25.7 Å². The monoisotopic (exact) mass is 363 g/mol. The SMILES string of the molecule is Nc1ncc(Br)cc1S(=O)(=O)NCCOC1CCCC1. The van der Waals surface area contributed by atoms with Crippen LogP contribution in [-0.2, 0) is 14.8 Å². The lowest BCUT2D eigenvalue weighted by Gasteiger charge is -2.12. The normalized spacial score (nSPS) is 16.6. The minimum Gasteiger partial charge on any atom is -0.383 e. The van der Waals surface area contributed by atoms with E-state index in [9.17, 15) is 8.42 Å². The number of rotatable bonds is 6. The molecule has 8 heteroatoms. The van der Waals surface area contributed by atoms with Gasteiger partial charge in [-0.1, -0.05) is 12.8 Å². The molecular weight excluding hydrogens is 346 g/mol. The summed E-state index contributed by atoms with van der Waals surface area (Å²) in [4.78, 5) is 3.80. The molecule has 6 nitrogen and oxygen atoms in total. The van der Waals surface area contributed by atoms with Gasteiger partial charge in [0.05, 0.1) is 12.7 Å². The summed E-state index contributed by atoms with van der Waals surface area (Å²) in [6, 6.07) is 1.43. The zero-order chi connectivity index (χ0) is 14.6. The Morgan fingerprint density at radius 3 is 2.85 bits per heavy atom. The standard InChI is InChI=1S/C12H18BrN3O3S/c13-9-7-11(12(14)15-8-9)20(17,18)16-5-6-19-10-3-1-2-4-10/h7-8,10,16H,1-6H2,(H2,14,15). The number of ether oxygens (including phenoxy) is 1. The average molecular weight is 364 g/mol. The fourth-order valence-corrected chi connectivity index (χ4v) is 3.78. The number of nitrogens with one attached hydrogen (secondary N) is 1. The highest BCUT2D eigenvalue weighted by Crippen LogP contribution is 2.21. The van der Waals surface area contributed by atoms with Gasteiger partial charge in [0.2, 0.25) is 10.0 Å². The summed E-state index contributed by atoms with van der Waals surface area (Å²) >= 11 is 3.18. The Balaban J connectivity index is 1.88. The van der Waals surface area contributed by atoms with Crippen molar-refractivity contribution in [3.05, 3.63) is 16.7 Å². The fraction of sp³-hybridized carbons (Fsp3) is 0.583. The second-order valence-corrected chi connectivity index (χ2v) is 7.36. The van der Waals surface area contributed by atoms with Gasteiger partial charge in [0.1, 0.15) is 10.7 Å². The number of nitrogens with two attached hydrogens (primary N) is 1. The number of sulfonamides is 1. The molecule has 20 heavy (non-hydrogen) atoms. The average Bonchev–Trinajstić information content (AvgIpc) is 2.90. The van der Waals surface area contributed by atoms with Gasteiger partial charge >= 0.3 is 0 Å². The molecular formula is C12H18BrN3O3S. The fourth-order valence-electron chi connectivity index (χ4n) is 2.18. The van der Waals surface area contributed by atoms with E-state index in [-0.39, 0.29) is 23.4 Å². The van der Waals surface area contributed by atoms with Crippen LogP contribution in [0.25, 0.3) is 0 Å². The van der Waals surface area contributed by atoms with E-state index in [2.05, 4.69) is 25.6 Å². The predicted molar refractivity (Wildman–Crippen MR) is 79.7 cm³/mol. The van der Waals surface area contributed by atoms with Crippen LogP contribution in [0.5, 0.6) is 0 Å². The maximum absolute atomic E-state index is 12.1. The Labute approximate surface area is 127 Å². The molecule has 112 valence electrons. The Bertz CT molecular complexity index is 559. The molecule has 1 heterocycles. The molecule has 0 radical (unpaired) electrons. The zero-order valence-electron chi connectivity index (χ0n) is 11.0. The molecule has 0 aliphatic heterocycles. The van der Waals surface area contributed by atoms with Gasteiger partial charge in [0, 0.05) is 17.2 Å². The quantitative estimate of drug-likeness (QED) is 0.749.